The Bertz CT molecular complexity index is 925. The van der Waals surface area contributed by atoms with Gasteiger partial charge in [0.05, 0.1) is 4.70 Å². The average Bonchev–Trinajstić information content (AvgIpc) is 3.12. The van der Waals surface area contributed by atoms with E-state index in [4.69, 9.17) is 0 Å². The summed E-state index contributed by atoms with van der Waals surface area (Å²) < 4.78 is 26.0. The molecule has 7 nitrogen and oxygen atoms in total. The van der Waals surface area contributed by atoms with E-state index in [1.807, 2.05) is 0 Å². The average molecular weight is 425 g/mol. The molecule has 0 aliphatic carbocycles. The first kappa shape index (κ1) is 19.3. The Morgan fingerprint density at radius 1 is 1.21 bits per heavy atom. The maximum absolute atomic E-state index is 13.8. The van der Waals surface area contributed by atoms with Crippen molar-refractivity contribution in [2.24, 2.45) is 0 Å². The van der Waals surface area contributed by atoms with Crippen LogP contribution in [-0.2, 0) is 15.6 Å². The van der Waals surface area contributed by atoms with E-state index >= 15 is 0 Å². The molecular weight excluding hydrogens is 403 g/mol. The minimum atomic E-state index is -0.866. The van der Waals surface area contributed by atoms with Crippen LogP contribution in [0.3, 0.4) is 0 Å². The summed E-state index contributed by atoms with van der Waals surface area (Å²) in [6, 6.07) is 3.94. The van der Waals surface area contributed by atoms with Gasteiger partial charge in [-0.2, -0.15) is 0 Å². The zero-order chi connectivity index (χ0) is 19.7. The third-order valence-corrected chi connectivity index (χ3v) is 7.31. The van der Waals surface area contributed by atoms with Crippen molar-refractivity contribution in [3.05, 3.63) is 24.0 Å². The molecule has 3 amide bonds. The lowest BCUT2D eigenvalue weighted by atomic mass is 10.0. The minimum Gasteiger partial charge on any atom is -0.323 e. The molecule has 150 valence electrons. The fourth-order valence-electron chi connectivity index (χ4n) is 3.60. The molecule has 0 spiro atoms. The summed E-state index contributed by atoms with van der Waals surface area (Å²) in [7, 11) is -0.866. The van der Waals surface area contributed by atoms with Gasteiger partial charge in [0.1, 0.15) is 17.4 Å². The summed E-state index contributed by atoms with van der Waals surface area (Å²) in [5, 5.41) is 3.09. The lowest BCUT2D eigenvalue weighted by Gasteiger charge is -2.39. The summed E-state index contributed by atoms with van der Waals surface area (Å²) >= 11 is 1.21. The van der Waals surface area contributed by atoms with Crippen molar-refractivity contribution in [3.63, 3.8) is 0 Å². The summed E-state index contributed by atoms with van der Waals surface area (Å²) in [4.78, 5) is 33.3. The number of aromatic nitrogens is 1. The number of anilines is 1. The molecule has 1 unspecified atom stereocenters. The van der Waals surface area contributed by atoms with Gasteiger partial charge in [0, 0.05) is 41.9 Å². The highest BCUT2D eigenvalue weighted by molar-refractivity contribution is 7.85. The second-order valence-electron chi connectivity index (χ2n) is 6.92. The van der Waals surface area contributed by atoms with Crippen molar-refractivity contribution in [2.45, 2.75) is 25.3 Å². The molecule has 2 aromatic rings. The number of para-hydroxylation sites is 1. The first-order valence-electron chi connectivity index (χ1n) is 9.29. The smallest absolute Gasteiger partial charge is 0.320 e. The first-order chi connectivity index (χ1) is 13.5. The molecule has 2 aliphatic rings. The quantitative estimate of drug-likeness (QED) is 0.803. The molecule has 1 aromatic heterocycles. The molecule has 1 aromatic carbocycles. The van der Waals surface area contributed by atoms with Crippen LogP contribution in [-0.4, -0.2) is 68.1 Å². The van der Waals surface area contributed by atoms with Crippen LogP contribution in [0.1, 0.15) is 19.3 Å². The Labute approximate surface area is 168 Å². The van der Waals surface area contributed by atoms with E-state index in [-0.39, 0.29) is 17.5 Å². The van der Waals surface area contributed by atoms with Gasteiger partial charge < -0.3 is 15.1 Å². The number of halogens is 1. The maximum Gasteiger partial charge on any atom is 0.320 e. The van der Waals surface area contributed by atoms with Crippen molar-refractivity contribution in [1.82, 2.24) is 14.8 Å². The Kier molecular flexibility index (Phi) is 5.58. The fourth-order valence-corrected chi connectivity index (χ4v) is 5.54. The molecule has 2 fully saturated rings. The van der Waals surface area contributed by atoms with Gasteiger partial charge in [-0.05, 0) is 31.4 Å². The van der Waals surface area contributed by atoms with Gasteiger partial charge in [-0.15, -0.1) is 0 Å². The number of thiazole rings is 1. The SMILES string of the molecule is O=C(Nc1nc2c(F)cccc2s1)C1CCCCN1C(=O)N1CCS(=O)CC1. The highest BCUT2D eigenvalue weighted by atomic mass is 32.2. The number of nitrogens with one attached hydrogen (secondary N) is 1. The van der Waals surface area contributed by atoms with Gasteiger partial charge in [-0.1, -0.05) is 17.4 Å². The van der Waals surface area contributed by atoms with E-state index in [0.717, 1.165) is 12.8 Å². The Morgan fingerprint density at radius 2 is 2.00 bits per heavy atom. The van der Waals surface area contributed by atoms with Crippen molar-refractivity contribution in [1.29, 1.82) is 0 Å². The third kappa shape index (κ3) is 3.88. The molecule has 0 saturated carbocycles. The number of carbonyl (C=O) groups is 2. The largest absolute Gasteiger partial charge is 0.323 e. The van der Waals surface area contributed by atoms with Crippen LogP contribution < -0.4 is 5.32 Å². The Hall–Kier alpha value is -2.07. The molecule has 1 N–H and O–H groups in total. The Morgan fingerprint density at radius 3 is 2.75 bits per heavy atom. The number of nitrogens with zero attached hydrogens (tertiary/aromatic N) is 3. The van der Waals surface area contributed by atoms with Crippen LogP contribution in [0.4, 0.5) is 14.3 Å². The van der Waals surface area contributed by atoms with Gasteiger partial charge in [0.15, 0.2) is 5.13 Å². The van der Waals surface area contributed by atoms with Gasteiger partial charge in [-0.3, -0.25) is 9.00 Å². The molecule has 0 radical (unpaired) electrons. The van der Waals surface area contributed by atoms with Crippen LogP contribution in [0, 0.1) is 5.82 Å². The van der Waals surface area contributed by atoms with Gasteiger partial charge >= 0.3 is 6.03 Å². The number of fused-ring (bicyclic) bond motifs is 1. The number of hydrogen-bond acceptors (Lipinski definition) is 5. The highest BCUT2D eigenvalue weighted by Crippen LogP contribution is 2.28. The number of urea groups is 1. The number of benzene rings is 1. The Balaban J connectivity index is 1.48. The number of rotatable bonds is 2. The van der Waals surface area contributed by atoms with E-state index in [9.17, 15) is 18.2 Å². The minimum absolute atomic E-state index is 0.174. The molecule has 2 aliphatic heterocycles. The van der Waals surface area contributed by atoms with Crippen LogP contribution in [0.5, 0.6) is 0 Å². The fraction of sp³-hybridized carbons (Fsp3) is 0.500. The summed E-state index contributed by atoms with van der Waals surface area (Å²) in [6.45, 7) is 1.42. The summed E-state index contributed by atoms with van der Waals surface area (Å²) in [5.74, 6) is 0.237. The zero-order valence-electron chi connectivity index (χ0n) is 15.2. The van der Waals surface area contributed by atoms with Crippen LogP contribution in [0.2, 0.25) is 0 Å². The van der Waals surface area contributed by atoms with E-state index in [1.54, 1.807) is 21.9 Å². The number of hydrogen-bond donors (Lipinski definition) is 1. The van der Waals surface area contributed by atoms with Crippen LogP contribution >= 0.6 is 11.3 Å². The normalized spacial score (nSPS) is 21.1. The standard InChI is InChI=1S/C18H21FN4O3S2/c19-12-4-3-6-14-15(12)20-17(27-14)21-16(24)13-5-1-2-7-23(13)18(25)22-8-10-28(26)11-9-22/h3-4,6,13H,1-2,5,7-11H2,(H,20,21,24). The lowest BCUT2D eigenvalue weighted by molar-refractivity contribution is -0.121. The predicted octanol–water partition coefficient (Wildman–Crippen LogP) is 2.41. The van der Waals surface area contributed by atoms with E-state index < -0.39 is 22.7 Å². The van der Waals surface area contributed by atoms with E-state index in [2.05, 4.69) is 10.3 Å². The molecule has 10 heteroatoms. The first-order valence-corrected chi connectivity index (χ1v) is 11.6. The number of piperidine rings is 1. The van der Waals surface area contributed by atoms with Crippen molar-refractivity contribution >= 4 is 49.4 Å². The number of likely N-dealkylation sites (tertiary alicyclic amines) is 1. The van der Waals surface area contributed by atoms with Gasteiger partial charge in [0.25, 0.3) is 0 Å². The van der Waals surface area contributed by atoms with Crippen LogP contribution in [0.15, 0.2) is 18.2 Å². The topological polar surface area (TPSA) is 82.6 Å². The molecule has 4 rings (SSSR count). The van der Waals surface area contributed by atoms with Gasteiger partial charge in [0.2, 0.25) is 5.91 Å². The molecule has 2 saturated heterocycles. The van der Waals surface area contributed by atoms with Crippen molar-refractivity contribution in [2.75, 3.05) is 36.5 Å². The van der Waals surface area contributed by atoms with Crippen molar-refractivity contribution < 1.29 is 18.2 Å². The predicted molar refractivity (Wildman–Crippen MR) is 107 cm³/mol. The van der Waals surface area contributed by atoms with Crippen LogP contribution in [0.25, 0.3) is 10.2 Å². The molecule has 1 atom stereocenters. The molecule has 0 bridgehead atoms. The summed E-state index contributed by atoms with van der Waals surface area (Å²) in [6.07, 6.45) is 2.29. The zero-order valence-corrected chi connectivity index (χ0v) is 16.9. The lowest BCUT2D eigenvalue weighted by Crippen LogP contribution is -2.56. The number of amides is 3. The highest BCUT2D eigenvalue weighted by Gasteiger charge is 2.35. The third-order valence-electron chi connectivity index (χ3n) is 5.10. The number of carbonyl (C=O) groups excluding carboxylic acids is 2. The second kappa shape index (κ2) is 8.12. The summed E-state index contributed by atoms with van der Waals surface area (Å²) in [5.41, 5.74) is 0.237. The van der Waals surface area contributed by atoms with E-state index in [1.165, 1.54) is 17.4 Å². The van der Waals surface area contributed by atoms with Gasteiger partial charge in [-0.25, -0.2) is 14.2 Å². The molecule has 3 heterocycles. The van der Waals surface area contributed by atoms with Crippen molar-refractivity contribution in [3.8, 4) is 0 Å². The second-order valence-corrected chi connectivity index (χ2v) is 9.64. The monoisotopic (exact) mass is 424 g/mol. The maximum atomic E-state index is 13.8. The molecule has 28 heavy (non-hydrogen) atoms. The molecular formula is C18H21FN4O3S2. The van der Waals surface area contributed by atoms with E-state index in [0.29, 0.717) is 47.4 Å².